The topological polar surface area (TPSA) is 65.2 Å². The molecule has 1 aromatic rings. The molecule has 0 saturated carbocycles. The molecule has 0 aliphatic heterocycles. The molecule has 1 aliphatic carbocycles. The van der Waals surface area contributed by atoms with Gasteiger partial charge in [0.1, 0.15) is 0 Å². The average molecular weight is 212 g/mol. The van der Waals surface area contributed by atoms with E-state index in [1.165, 1.54) is 18.4 Å². The van der Waals surface area contributed by atoms with Gasteiger partial charge in [0.2, 0.25) is 0 Å². The fraction of sp³-hybridized carbons (Fsp3) is 0.556. The molecule has 0 aromatic carbocycles. The molecule has 0 spiro atoms. The standard InChI is InChI=1S/C9H12N2O2S/c1-13-8(12)5-2-3-6-7(4-5)14-9(10)11-6/h5H,2-4H2,1H3,(H2,10,11). The number of aromatic nitrogens is 1. The average Bonchev–Trinajstić information content (AvgIpc) is 2.55. The predicted octanol–water partition coefficient (Wildman–Crippen LogP) is 1.00. The zero-order chi connectivity index (χ0) is 10.1. The molecule has 1 unspecified atom stereocenters. The van der Waals surface area contributed by atoms with Gasteiger partial charge in [-0.2, -0.15) is 0 Å². The first-order chi connectivity index (χ1) is 6.70. The van der Waals surface area contributed by atoms with Gasteiger partial charge in [-0.05, 0) is 19.3 Å². The number of nitrogens with two attached hydrogens (primary N) is 1. The molecule has 2 N–H and O–H groups in total. The fourth-order valence-corrected chi connectivity index (χ4v) is 2.72. The van der Waals surface area contributed by atoms with Crippen LogP contribution in [-0.4, -0.2) is 18.1 Å². The number of thiazole rings is 1. The number of fused-ring (bicyclic) bond motifs is 1. The number of hydrogen-bond donors (Lipinski definition) is 1. The van der Waals surface area contributed by atoms with Crippen molar-refractivity contribution in [3.63, 3.8) is 0 Å². The Morgan fingerprint density at radius 2 is 2.50 bits per heavy atom. The number of methoxy groups -OCH3 is 1. The van der Waals surface area contributed by atoms with Crippen molar-refractivity contribution in [1.29, 1.82) is 0 Å². The fourth-order valence-electron chi connectivity index (χ4n) is 1.76. The van der Waals surface area contributed by atoms with E-state index in [9.17, 15) is 4.79 Å². The normalized spacial score (nSPS) is 20.2. The molecule has 1 heterocycles. The molecule has 0 amide bonds. The summed E-state index contributed by atoms with van der Waals surface area (Å²) in [5.74, 6) is -0.130. The first-order valence-corrected chi connectivity index (χ1v) is 5.34. The van der Waals surface area contributed by atoms with E-state index in [0.717, 1.165) is 29.8 Å². The van der Waals surface area contributed by atoms with Crippen LogP contribution in [0.1, 0.15) is 17.0 Å². The molecular weight excluding hydrogens is 200 g/mol. The van der Waals surface area contributed by atoms with Crippen LogP contribution in [0, 0.1) is 5.92 Å². The molecule has 0 bridgehead atoms. The van der Waals surface area contributed by atoms with E-state index in [2.05, 4.69) is 4.98 Å². The molecule has 0 radical (unpaired) electrons. The highest BCUT2D eigenvalue weighted by atomic mass is 32.1. The number of esters is 1. The van der Waals surface area contributed by atoms with Crippen LogP contribution in [-0.2, 0) is 22.4 Å². The Labute approximate surface area is 86.1 Å². The number of nitrogen functional groups attached to an aromatic ring is 1. The van der Waals surface area contributed by atoms with Gasteiger partial charge >= 0.3 is 5.97 Å². The Morgan fingerprint density at radius 1 is 1.71 bits per heavy atom. The van der Waals surface area contributed by atoms with Gasteiger partial charge in [0.15, 0.2) is 5.13 Å². The lowest BCUT2D eigenvalue weighted by Crippen LogP contribution is -2.22. The summed E-state index contributed by atoms with van der Waals surface area (Å²) in [6.45, 7) is 0. The minimum Gasteiger partial charge on any atom is -0.469 e. The van der Waals surface area contributed by atoms with Crippen molar-refractivity contribution < 1.29 is 9.53 Å². The monoisotopic (exact) mass is 212 g/mol. The van der Waals surface area contributed by atoms with Crippen molar-refractivity contribution in [2.24, 2.45) is 5.92 Å². The third kappa shape index (κ3) is 1.59. The Bertz CT molecular complexity index is 362. The van der Waals surface area contributed by atoms with Gasteiger partial charge in [0.05, 0.1) is 18.7 Å². The molecular formula is C9H12N2O2S. The van der Waals surface area contributed by atoms with Crippen molar-refractivity contribution in [1.82, 2.24) is 4.98 Å². The zero-order valence-corrected chi connectivity index (χ0v) is 8.76. The van der Waals surface area contributed by atoms with Gasteiger partial charge < -0.3 is 10.5 Å². The molecule has 0 saturated heterocycles. The van der Waals surface area contributed by atoms with Gasteiger partial charge in [-0.15, -0.1) is 11.3 Å². The maximum absolute atomic E-state index is 11.3. The number of anilines is 1. The zero-order valence-electron chi connectivity index (χ0n) is 7.95. The van der Waals surface area contributed by atoms with Gasteiger partial charge in [0, 0.05) is 4.88 Å². The molecule has 1 aliphatic rings. The summed E-state index contributed by atoms with van der Waals surface area (Å²) in [5.41, 5.74) is 6.67. The Morgan fingerprint density at radius 3 is 3.21 bits per heavy atom. The Balaban J connectivity index is 2.16. The van der Waals surface area contributed by atoms with Crippen molar-refractivity contribution in [3.8, 4) is 0 Å². The van der Waals surface area contributed by atoms with E-state index < -0.39 is 0 Å². The van der Waals surface area contributed by atoms with Crippen molar-refractivity contribution in [2.45, 2.75) is 19.3 Å². The van der Waals surface area contributed by atoms with Crippen LogP contribution in [0.25, 0.3) is 0 Å². The van der Waals surface area contributed by atoms with Crippen LogP contribution in [0.2, 0.25) is 0 Å². The quantitative estimate of drug-likeness (QED) is 0.705. The predicted molar refractivity (Wildman–Crippen MR) is 54.1 cm³/mol. The highest BCUT2D eigenvalue weighted by molar-refractivity contribution is 7.15. The van der Waals surface area contributed by atoms with E-state index in [0.29, 0.717) is 5.13 Å². The Kier molecular flexibility index (Phi) is 2.41. The lowest BCUT2D eigenvalue weighted by Gasteiger charge is -2.18. The van der Waals surface area contributed by atoms with Crippen LogP contribution < -0.4 is 5.73 Å². The maximum Gasteiger partial charge on any atom is 0.309 e. The van der Waals surface area contributed by atoms with E-state index in [1.807, 2.05) is 0 Å². The molecule has 76 valence electrons. The Hall–Kier alpha value is -1.10. The van der Waals surface area contributed by atoms with Gasteiger partial charge in [-0.1, -0.05) is 0 Å². The minimum atomic E-state index is -0.123. The van der Waals surface area contributed by atoms with Crippen LogP contribution in [0.4, 0.5) is 5.13 Å². The summed E-state index contributed by atoms with van der Waals surface area (Å²) in [6.07, 6.45) is 2.39. The minimum absolute atomic E-state index is 0.00708. The number of carbonyl (C=O) groups is 1. The number of aryl methyl sites for hydroxylation is 1. The summed E-state index contributed by atoms with van der Waals surface area (Å²) in [4.78, 5) is 16.7. The van der Waals surface area contributed by atoms with E-state index in [4.69, 9.17) is 10.5 Å². The van der Waals surface area contributed by atoms with Crippen LogP contribution >= 0.6 is 11.3 Å². The number of nitrogens with zero attached hydrogens (tertiary/aromatic N) is 1. The SMILES string of the molecule is COC(=O)C1CCc2nc(N)sc2C1. The molecule has 5 heteroatoms. The van der Waals surface area contributed by atoms with Crippen LogP contribution in [0.5, 0.6) is 0 Å². The first-order valence-electron chi connectivity index (χ1n) is 4.52. The van der Waals surface area contributed by atoms with Crippen molar-refractivity contribution in [3.05, 3.63) is 10.6 Å². The number of ether oxygens (including phenoxy) is 1. The second-order valence-electron chi connectivity index (χ2n) is 3.38. The largest absolute Gasteiger partial charge is 0.469 e. The van der Waals surface area contributed by atoms with Gasteiger partial charge in [-0.25, -0.2) is 4.98 Å². The lowest BCUT2D eigenvalue weighted by atomic mass is 9.91. The second kappa shape index (κ2) is 3.57. The maximum atomic E-state index is 11.3. The van der Waals surface area contributed by atoms with E-state index >= 15 is 0 Å². The summed E-state index contributed by atoms with van der Waals surface area (Å²) < 4.78 is 4.73. The van der Waals surface area contributed by atoms with Gasteiger partial charge in [0.25, 0.3) is 0 Å². The third-order valence-electron chi connectivity index (χ3n) is 2.49. The highest BCUT2D eigenvalue weighted by Gasteiger charge is 2.27. The smallest absolute Gasteiger partial charge is 0.309 e. The third-order valence-corrected chi connectivity index (χ3v) is 3.44. The van der Waals surface area contributed by atoms with Crippen LogP contribution in [0.3, 0.4) is 0 Å². The molecule has 1 aromatic heterocycles. The lowest BCUT2D eigenvalue weighted by molar-refractivity contribution is -0.145. The van der Waals surface area contributed by atoms with Crippen molar-refractivity contribution in [2.75, 3.05) is 12.8 Å². The first kappa shape index (κ1) is 9.45. The molecule has 1 atom stereocenters. The van der Waals surface area contributed by atoms with Gasteiger partial charge in [-0.3, -0.25) is 4.79 Å². The number of hydrogen-bond acceptors (Lipinski definition) is 5. The summed E-state index contributed by atoms with van der Waals surface area (Å²) in [6, 6.07) is 0. The molecule has 2 rings (SSSR count). The molecule has 14 heavy (non-hydrogen) atoms. The van der Waals surface area contributed by atoms with Crippen LogP contribution in [0.15, 0.2) is 0 Å². The van der Waals surface area contributed by atoms with E-state index in [-0.39, 0.29) is 11.9 Å². The molecule has 4 nitrogen and oxygen atoms in total. The highest BCUT2D eigenvalue weighted by Crippen LogP contribution is 2.31. The summed E-state index contributed by atoms with van der Waals surface area (Å²) in [7, 11) is 1.43. The number of carbonyl (C=O) groups excluding carboxylic acids is 1. The van der Waals surface area contributed by atoms with E-state index in [1.54, 1.807) is 0 Å². The summed E-state index contributed by atoms with van der Waals surface area (Å²) >= 11 is 1.48. The number of rotatable bonds is 1. The second-order valence-corrected chi connectivity index (χ2v) is 4.50. The molecule has 0 fully saturated rings. The summed E-state index contributed by atoms with van der Waals surface area (Å²) in [5, 5.41) is 0.598. The van der Waals surface area contributed by atoms with Crippen molar-refractivity contribution >= 4 is 22.4 Å².